The van der Waals surface area contributed by atoms with Crippen LogP contribution in [0.4, 0.5) is 57.1 Å². The van der Waals surface area contributed by atoms with Gasteiger partial charge in [0.25, 0.3) is 0 Å². The van der Waals surface area contributed by atoms with Crippen molar-refractivity contribution in [2.75, 3.05) is 26.4 Å². The average Bonchev–Trinajstić information content (AvgIpc) is 2.48. The molecule has 0 bridgehead atoms. The Morgan fingerprint density at radius 2 is 1.14 bits per heavy atom. The number of ether oxygens (including phenoxy) is 2. The molecule has 1 aliphatic rings. The Balaban J connectivity index is 3.08. The van der Waals surface area contributed by atoms with Crippen LogP contribution in [0, 0.1) is 5.41 Å². The highest BCUT2D eigenvalue weighted by Crippen LogP contribution is 2.60. The van der Waals surface area contributed by atoms with E-state index in [2.05, 4.69) is 4.74 Å². The fourth-order valence-corrected chi connectivity index (χ4v) is 2.07. The minimum Gasteiger partial charge on any atom is -0.380 e. The summed E-state index contributed by atoms with van der Waals surface area (Å²) >= 11 is 0. The summed E-state index contributed by atoms with van der Waals surface area (Å²) in [4.78, 5) is 0. The molecular formula is C13H13F13O2. The molecule has 15 heteroatoms. The van der Waals surface area contributed by atoms with Crippen LogP contribution in [0.3, 0.4) is 0 Å². The van der Waals surface area contributed by atoms with E-state index in [4.69, 9.17) is 4.74 Å². The third-order valence-corrected chi connectivity index (χ3v) is 4.26. The summed E-state index contributed by atoms with van der Waals surface area (Å²) in [5, 5.41) is 0. The minimum atomic E-state index is -7.89. The maximum absolute atomic E-state index is 13.5. The lowest BCUT2D eigenvalue weighted by Gasteiger charge is -2.42. The van der Waals surface area contributed by atoms with Gasteiger partial charge in [-0.1, -0.05) is 6.92 Å². The molecule has 0 spiro atoms. The normalized spacial score (nSPS) is 19.5. The van der Waals surface area contributed by atoms with Crippen molar-refractivity contribution in [1.82, 2.24) is 0 Å². The number of alkyl halides is 13. The lowest BCUT2D eigenvalue weighted by Crippen LogP contribution is -2.70. The number of hydrogen-bond acceptors (Lipinski definition) is 2. The molecule has 1 saturated heterocycles. The molecule has 1 aliphatic heterocycles. The monoisotopic (exact) mass is 448 g/mol. The SMILES string of the molecule is CCC1(COCC(F)(F)C(F)(F)C(F)(F)C(F)(F)C(F)(F)C(F)(F)F)COC1. The zero-order chi connectivity index (χ0) is 22.4. The number of hydrogen-bond donors (Lipinski definition) is 0. The maximum Gasteiger partial charge on any atom is 0.460 e. The second-order valence-electron chi connectivity index (χ2n) is 6.34. The van der Waals surface area contributed by atoms with E-state index in [1.165, 1.54) is 6.92 Å². The fraction of sp³-hybridized carbons (Fsp3) is 1.00. The summed E-state index contributed by atoms with van der Waals surface area (Å²) in [6, 6.07) is 0. The largest absolute Gasteiger partial charge is 0.460 e. The van der Waals surface area contributed by atoms with E-state index >= 15 is 0 Å². The van der Waals surface area contributed by atoms with E-state index in [1.54, 1.807) is 0 Å². The second-order valence-corrected chi connectivity index (χ2v) is 6.34. The number of halogens is 13. The Morgan fingerprint density at radius 1 is 0.714 bits per heavy atom. The molecule has 0 aliphatic carbocycles. The molecule has 0 aromatic rings. The van der Waals surface area contributed by atoms with Gasteiger partial charge in [-0.2, -0.15) is 57.1 Å². The Hall–Kier alpha value is -0.990. The lowest BCUT2D eigenvalue weighted by atomic mass is 9.84. The highest BCUT2D eigenvalue weighted by atomic mass is 19.4. The Kier molecular flexibility index (Phi) is 6.31. The summed E-state index contributed by atoms with van der Waals surface area (Å²) in [6.07, 6.45) is -7.21. The van der Waals surface area contributed by atoms with Gasteiger partial charge in [0, 0.05) is 5.41 Å². The highest BCUT2D eigenvalue weighted by molar-refractivity contribution is 5.10. The quantitative estimate of drug-likeness (QED) is 0.454. The highest BCUT2D eigenvalue weighted by Gasteiger charge is 2.90. The van der Waals surface area contributed by atoms with Gasteiger partial charge in [0.15, 0.2) is 0 Å². The van der Waals surface area contributed by atoms with E-state index in [-0.39, 0.29) is 19.6 Å². The fourth-order valence-electron chi connectivity index (χ4n) is 2.07. The molecule has 0 radical (unpaired) electrons. The molecule has 2 nitrogen and oxygen atoms in total. The molecule has 1 heterocycles. The summed E-state index contributed by atoms with van der Waals surface area (Å²) in [5.41, 5.74) is -0.929. The van der Waals surface area contributed by atoms with Gasteiger partial charge in [0.1, 0.15) is 6.61 Å². The summed E-state index contributed by atoms with van der Waals surface area (Å²) in [7, 11) is 0. The first-order valence-corrected chi connectivity index (χ1v) is 7.34. The molecule has 0 saturated carbocycles. The van der Waals surface area contributed by atoms with Gasteiger partial charge in [-0.15, -0.1) is 0 Å². The minimum absolute atomic E-state index is 0.0719. The van der Waals surface area contributed by atoms with Crippen LogP contribution < -0.4 is 0 Å². The molecule has 0 aromatic heterocycles. The van der Waals surface area contributed by atoms with Gasteiger partial charge in [-0.3, -0.25) is 0 Å². The molecule has 0 unspecified atom stereocenters. The van der Waals surface area contributed by atoms with Crippen molar-refractivity contribution in [3.05, 3.63) is 0 Å². The van der Waals surface area contributed by atoms with Crippen molar-refractivity contribution in [3.63, 3.8) is 0 Å². The van der Waals surface area contributed by atoms with Crippen molar-refractivity contribution in [2.45, 2.75) is 49.1 Å². The third kappa shape index (κ3) is 3.63. The van der Waals surface area contributed by atoms with Crippen LogP contribution in [0.15, 0.2) is 0 Å². The Labute approximate surface area is 148 Å². The standard InChI is InChI=1S/C13H13F13O2/c1-2-7(3-27-4-7)5-28-6-8(14,15)9(16,17)10(18,19)11(20,21)12(22,23)13(24,25)26/h2-6H2,1H3. The molecule has 0 amide bonds. The van der Waals surface area contributed by atoms with Crippen molar-refractivity contribution in [1.29, 1.82) is 0 Å². The van der Waals surface area contributed by atoms with Gasteiger partial charge in [0.05, 0.1) is 19.8 Å². The van der Waals surface area contributed by atoms with Crippen LogP contribution in [0.5, 0.6) is 0 Å². The molecule has 0 aromatic carbocycles. The predicted molar refractivity (Wildman–Crippen MR) is 65.2 cm³/mol. The van der Waals surface area contributed by atoms with Gasteiger partial charge in [-0.25, -0.2) is 0 Å². The van der Waals surface area contributed by atoms with Crippen LogP contribution in [0.2, 0.25) is 0 Å². The van der Waals surface area contributed by atoms with E-state index < -0.39 is 54.4 Å². The summed E-state index contributed by atoms with van der Waals surface area (Å²) < 4.78 is 176. The Bertz CT molecular complexity index is 546. The number of rotatable bonds is 9. The lowest BCUT2D eigenvalue weighted by molar-refractivity contribution is -0.441. The van der Waals surface area contributed by atoms with Crippen molar-refractivity contribution in [2.24, 2.45) is 5.41 Å². The third-order valence-electron chi connectivity index (χ3n) is 4.26. The predicted octanol–water partition coefficient (Wildman–Crippen LogP) is 5.17. The topological polar surface area (TPSA) is 18.5 Å². The van der Waals surface area contributed by atoms with Crippen LogP contribution in [0.1, 0.15) is 13.3 Å². The molecule has 1 rings (SSSR count). The van der Waals surface area contributed by atoms with Gasteiger partial charge in [-0.05, 0) is 6.42 Å². The zero-order valence-corrected chi connectivity index (χ0v) is 13.8. The van der Waals surface area contributed by atoms with Crippen molar-refractivity contribution in [3.8, 4) is 0 Å². The van der Waals surface area contributed by atoms with Crippen LogP contribution in [0.25, 0.3) is 0 Å². The van der Waals surface area contributed by atoms with Gasteiger partial charge in [0.2, 0.25) is 0 Å². The maximum atomic E-state index is 13.5. The van der Waals surface area contributed by atoms with Crippen molar-refractivity contribution >= 4 is 0 Å². The molecule has 1 fully saturated rings. The van der Waals surface area contributed by atoms with Crippen LogP contribution >= 0.6 is 0 Å². The molecular weight excluding hydrogens is 435 g/mol. The van der Waals surface area contributed by atoms with Gasteiger partial charge >= 0.3 is 35.8 Å². The van der Waals surface area contributed by atoms with Gasteiger partial charge < -0.3 is 9.47 Å². The first kappa shape index (κ1) is 25.0. The van der Waals surface area contributed by atoms with E-state index in [1.807, 2.05) is 0 Å². The first-order chi connectivity index (χ1) is 12.2. The smallest absolute Gasteiger partial charge is 0.380 e. The van der Waals surface area contributed by atoms with Crippen LogP contribution in [-0.2, 0) is 9.47 Å². The molecule has 168 valence electrons. The van der Waals surface area contributed by atoms with E-state index in [0.717, 1.165) is 0 Å². The average molecular weight is 448 g/mol. The molecule has 0 N–H and O–H groups in total. The second kappa shape index (κ2) is 7.06. The van der Waals surface area contributed by atoms with Crippen molar-refractivity contribution < 1.29 is 66.5 Å². The summed E-state index contributed by atoms with van der Waals surface area (Å²) in [6.45, 7) is -2.03. The molecule has 28 heavy (non-hydrogen) atoms. The van der Waals surface area contributed by atoms with E-state index in [0.29, 0.717) is 0 Å². The van der Waals surface area contributed by atoms with Crippen LogP contribution in [-0.4, -0.2) is 62.2 Å². The molecule has 0 atom stereocenters. The zero-order valence-electron chi connectivity index (χ0n) is 13.8. The summed E-state index contributed by atoms with van der Waals surface area (Å²) in [5.74, 6) is -36.9. The Morgan fingerprint density at radius 3 is 1.46 bits per heavy atom. The van der Waals surface area contributed by atoms with E-state index in [9.17, 15) is 57.1 Å². The first-order valence-electron chi connectivity index (χ1n) is 7.34.